The second-order valence-electron chi connectivity index (χ2n) is 5.47. The molecule has 1 amide bonds. The molecule has 0 bridgehead atoms. The van der Waals surface area contributed by atoms with Gasteiger partial charge in [0, 0.05) is 38.0 Å². The number of amides is 1. The predicted molar refractivity (Wildman–Crippen MR) is 85.6 cm³/mol. The zero-order chi connectivity index (χ0) is 16.4. The molecule has 23 heavy (non-hydrogen) atoms. The summed E-state index contributed by atoms with van der Waals surface area (Å²) in [5, 5.41) is 6.72. The van der Waals surface area contributed by atoms with Crippen LogP contribution < -0.4 is 5.32 Å². The molecule has 0 aliphatic carbocycles. The lowest BCUT2D eigenvalue weighted by Gasteiger charge is -2.15. The highest BCUT2D eigenvalue weighted by molar-refractivity contribution is 7.89. The number of nitrogens with one attached hydrogen (secondary N) is 1. The van der Waals surface area contributed by atoms with Crippen molar-refractivity contribution in [2.24, 2.45) is 7.05 Å². The van der Waals surface area contributed by atoms with Gasteiger partial charge in [0.15, 0.2) is 5.82 Å². The summed E-state index contributed by atoms with van der Waals surface area (Å²) in [5.74, 6) is 0.0347. The van der Waals surface area contributed by atoms with E-state index in [-0.39, 0.29) is 16.4 Å². The van der Waals surface area contributed by atoms with Crippen molar-refractivity contribution in [2.45, 2.75) is 17.7 Å². The Bertz CT molecular complexity index is 823. The summed E-state index contributed by atoms with van der Waals surface area (Å²) in [6.45, 7) is 1.07. The number of hydrogen-bond acceptors (Lipinski definition) is 4. The van der Waals surface area contributed by atoms with Crippen LogP contribution in [-0.4, -0.2) is 41.5 Å². The maximum atomic E-state index is 12.5. The molecule has 1 N–H and O–H groups in total. The van der Waals surface area contributed by atoms with Gasteiger partial charge in [-0.3, -0.25) is 9.48 Å². The van der Waals surface area contributed by atoms with Crippen molar-refractivity contribution in [2.75, 3.05) is 18.4 Å². The van der Waals surface area contributed by atoms with E-state index in [1.807, 2.05) is 0 Å². The van der Waals surface area contributed by atoms with Gasteiger partial charge in [-0.1, -0.05) is 6.07 Å². The van der Waals surface area contributed by atoms with Crippen molar-refractivity contribution < 1.29 is 13.2 Å². The first kappa shape index (κ1) is 15.7. The summed E-state index contributed by atoms with van der Waals surface area (Å²) in [7, 11) is -1.78. The predicted octanol–water partition coefficient (Wildman–Crippen LogP) is 1.46. The van der Waals surface area contributed by atoms with E-state index in [0.717, 1.165) is 12.8 Å². The summed E-state index contributed by atoms with van der Waals surface area (Å²) >= 11 is 0. The van der Waals surface area contributed by atoms with Gasteiger partial charge in [0.05, 0.1) is 4.90 Å². The van der Waals surface area contributed by atoms with E-state index in [1.54, 1.807) is 36.1 Å². The fraction of sp³-hybridized carbons (Fsp3) is 0.333. The molecule has 8 heteroatoms. The van der Waals surface area contributed by atoms with Crippen LogP contribution in [0.1, 0.15) is 23.2 Å². The molecule has 1 aliphatic heterocycles. The maximum absolute atomic E-state index is 12.5. The van der Waals surface area contributed by atoms with Gasteiger partial charge < -0.3 is 5.32 Å². The minimum atomic E-state index is -3.53. The normalized spacial score (nSPS) is 15.7. The molecule has 1 aromatic carbocycles. The zero-order valence-electron chi connectivity index (χ0n) is 12.8. The average Bonchev–Trinajstić information content (AvgIpc) is 3.19. The Morgan fingerprint density at radius 2 is 1.96 bits per heavy atom. The van der Waals surface area contributed by atoms with E-state index in [4.69, 9.17) is 0 Å². The third-order valence-corrected chi connectivity index (χ3v) is 5.65. The average molecular weight is 334 g/mol. The Morgan fingerprint density at radius 1 is 1.22 bits per heavy atom. The van der Waals surface area contributed by atoms with Crippen molar-refractivity contribution in [3.05, 3.63) is 42.1 Å². The lowest BCUT2D eigenvalue weighted by atomic mass is 10.2. The van der Waals surface area contributed by atoms with Crippen LogP contribution in [0.4, 0.5) is 5.82 Å². The Morgan fingerprint density at radius 3 is 2.61 bits per heavy atom. The molecule has 0 unspecified atom stereocenters. The summed E-state index contributed by atoms with van der Waals surface area (Å²) in [6.07, 6.45) is 3.46. The van der Waals surface area contributed by atoms with Crippen LogP contribution in [-0.2, 0) is 17.1 Å². The molecular formula is C15H18N4O3S. The molecular weight excluding hydrogens is 316 g/mol. The van der Waals surface area contributed by atoms with Crippen LogP contribution in [0, 0.1) is 0 Å². The largest absolute Gasteiger partial charge is 0.305 e. The second kappa shape index (κ2) is 6.13. The van der Waals surface area contributed by atoms with E-state index >= 15 is 0 Å². The third kappa shape index (κ3) is 3.27. The number of anilines is 1. The lowest BCUT2D eigenvalue weighted by molar-refractivity contribution is 0.102. The number of hydrogen-bond donors (Lipinski definition) is 1. The Kier molecular flexibility index (Phi) is 4.18. The zero-order valence-corrected chi connectivity index (χ0v) is 13.6. The van der Waals surface area contributed by atoms with E-state index in [9.17, 15) is 13.2 Å². The van der Waals surface area contributed by atoms with E-state index in [1.165, 1.54) is 16.4 Å². The Hall–Kier alpha value is -2.19. The fourth-order valence-corrected chi connectivity index (χ4v) is 4.11. The Balaban J connectivity index is 1.83. The first-order valence-corrected chi connectivity index (χ1v) is 8.82. The van der Waals surface area contributed by atoms with Crippen molar-refractivity contribution in [3.8, 4) is 0 Å². The molecule has 1 aromatic heterocycles. The number of aromatic nitrogens is 2. The molecule has 122 valence electrons. The monoisotopic (exact) mass is 334 g/mol. The molecule has 1 fully saturated rings. The first-order chi connectivity index (χ1) is 11.0. The number of rotatable bonds is 4. The molecule has 2 aromatic rings. The van der Waals surface area contributed by atoms with Crippen LogP contribution >= 0.6 is 0 Å². The SMILES string of the molecule is Cn1ccc(NC(=O)c2cccc(S(=O)(=O)N3CCCC3)c2)n1. The molecule has 0 spiro atoms. The standard InChI is InChI=1S/C15H18N4O3S/c1-18-10-7-14(17-18)16-15(20)12-5-4-6-13(11-12)23(21,22)19-8-2-3-9-19/h4-7,10-11H,2-3,8-9H2,1H3,(H,16,17,20). The number of aryl methyl sites for hydroxylation is 1. The number of benzene rings is 1. The topological polar surface area (TPSA) is 84.3 Å². The summed E-state index contributed by atoms with van der Waals surface area (Å²) in [6, 6.07) is 7.76. The molecule has 1 aliphatic rings. The number of carbonyl (C=O) groups excluding carboxylic acids is 1. The maximum Gasteiger partial charge on any atom is 0.256 e. The van der Waals surface area contributed by atoms with Gasteiger partial charge in [-0.2, -0.15) is 9.40 Å². The van der Waals surface area contributed by atoms with E-state index < -0.39 is 10.0 Å². The Labute approximate surface area is 135 Å². The van der Waals surface area contributed by atoms with Gasteiger partial charge in [-0.15, -0.1) is 0 Å². The van der Waals surface area contributed by atoms with Crippen LogP contribution in [0.15, 0.2) is 41.4 Å². The number of carbonyl (C=O) groups is 1. The molecule has 2 heterocycles. The van der Waals surface area contributed by atoms with Crippen LogP contribution in [0.3, 0.4) is 0 Å². The minimum absolute atomic E-state index is 0.146. The van der Waals surface area contributed by atoms with Gasteiger partial charge in [-0.05, 0) is 31.0 Å². The third-order valence-electron chi connectivity index (χ3n) is 3.75. The fourth-order valence-electron chi connectivity index (χ4n) is 2.55. The van der Waals surface area contributed by atoms with Gasteiger partial charge in [0.2, 0.25) is 10.0 Å². The van der Waals surface area contributed by atoms with Crippen molar-refractivity contribution in [1.29, 1.82) is 0 Å². The van der Waals surface area contributed by atoms with Crippen molar-refractivity contribution in [3.63, 3.8) is 0 Å². The molecule has 7 nitrogen and oxygen atoms in total. The van der Waals surface area contributed by atoms with Gasteiger partial charge in [0.1, 0.15) is 0 Å². The molecule has 0 radical (unpaired) electrons. The van der Waals surface area contributed by atoms with Crippen LogP contribution in [0.5, 0.6) is 0 Å². The van der Waals surface area contributed by atoms with Crippen LogP contribution in [0.25, 0.3) is 0 Å². The van der Waals surface area contributed by atoms with Gasteiger partial charge in [-0.25, -0.2) is 8.42 Å². The highest BCUT2D eigenvalue weighted by atomic mass is 32.2. The number of sulfonamides is 1. The van der Waals surface area contributed by atoms with Crippen LogP contribution in [0.2, 0.25) is 0 Å². The molecule has 0 saturated carbocycles. The smallest absolute Gasteiger partial charge is 0.256 e. The summed E-state index contributed by atoms with van der Waals surface area (Å²) in [5.41, 5.74) is 0.288. The quantitative estimate of drug-likeness (QED) is 0.917. The number of nitrogens with zero attached hydrogens (tertiary/aromatic N) is 3. The van der Waals surface area contributed by atoms with E-state index in [2.05, 4.69) is 10.4 Å². The lowest BCUT2D eigenvalue weighted by Crippen LogP contribution is -2.28. The van der Waals surface area contributed by atoms with Gasteiger partial charge >= 0.3 is 0 Å². The highest BCUT2D eigenvalue weighted by Gasteiger charge is 2.27. The molecule has 0 atom stereocenters. The molecule has 1 saturated heterocycles. The first-order valence-electron chi connectivity index (χ1n) is 7.38. The van der Waals surface area contributed by atoms with Gasteiger partial charge in [0.25, 0.3) is 5.91 Å². The second-order valence-corrected chi connectivity index (χ2v) is 7.41. The highest BCUT2D eigenvalue weighted by Crippen LogP contribution is 2.21. The summed E-state index contributed by atoms with van der Waals surface area (Å²) in [4.78, 5) is 12.4. The summed E-state index contributed by atoms with van der Waals surface area (Å²) < 4.78 is 28.1. The van der Waals surface area contributed by atoms with E-state index in [0.29, 0.717) is 18.9 Å². The molecule has 3 rings (SSSR count). The van der Waals surface area contributed by atoms with Crippen molar-refractivity contribution in [1.82, 2.24) is 14.1 Å². The minimum Gasteiger partial charge on any atom is -0.305 e. The van der Waals surface area contributed by atoms with Crippen molar-refractivity contribution >= 4 is 21.7 Å².